The second-order valence-corrected chi connectivity index (χ2v) is 5.18. The van der Waals surface area contributed by atoms with E-state index in [-0.39, 0.29) is 5.91 Å². The van der Waals surface area contributed by atoms with E-state index in [0.29, 0.717) is 30.9 Å². The van der Waals surface area contributed by atoms with Gasteiger partial charge in [0.05, 0.1) is 5.41 Å². The quantitative estimate of drug-likeness (QED) is 0.795. The van der Waals surface area contributed by atoms with Crippen molar-refractivity contribution < 1.29 is 14.7 Å². The van der Waals surface area contributed by atoms with Crippen molar-refractivity contribution in [3.8, 4) is 0 Å². The number of carbonyl (C=O) groups is 2. The van der Waals surface area contributed by atoms with Crippen molar-refractivity contribution in [1.29, 1.82) is 0 Å². The van der Waals surface area contributed by atoms with E-state index in [0.717, 1.165) is 6.08 Å². The number of aliphatic carboxylic acids is 1. The van der Waals surface area contributed by atoms with Gasteiger partial charge in [-0.1, -0.05) is 0 Å². The number of hydrogen-bond acceptors (Lipinski definition) is 4. The number of nitrogens with two attached hydrogens (primary N) is 1. The fourth-order valence-corrected chi connectivity index (χ4v) is 2.31. The van der Waals surface area contributed by atoms with Crippen LogP contribution in [0.3, 0.4) is 0 Å². The highest BCUT2D eigenvalue weighted by Crippen LogP contribution is 2.33. The van der Waals surface area contributed by atoms with Gasteiger partial charge in [0.2, 0.25) is 5.91 Å². The molecular weight excluding hydrogens is 258 g/mol. The molecule has 20 heavy (non-hydrogen) atoms. The third kappa shape index (κ3) is 2.79. The molecule has 1 aliphatic rings. The molecule has 0 aromatic carbocycles. The molecule has 1 saturated heterocycles. The van der Waals surface area contributed by atoms with Crippen molar-refractivity contribution in [3.63, 3.8) is 0 Å². The molecule has 1 aromatic heterocycles. The highest BCUT2D eigenvalue weighted by Gasteiger charge is 2.39. The van der Waals surface area contributed by atoms with Gasteiger partial charge in [0.25, 0.3) is 0 Å². The molecule has 2 rings (SSSR count). The summed E-state index contributed by atoms with van der Waals surface area (Å²) in [5, 5.41) is 8.70. The molecule has 0 radical (unpaired) electrons. The number of primary amides is 1. The minimum Gasteiger partial charge on any atom is -0.478 e. The van der Waals surface area contributed by atoms with Gasteiger partial charge in [0.1, 0.15) is 5.82 Å². The van der Waals surface area contributed by atoms with Gasteiger partial charge in [0.15, 0.2) is 0 Å². The molecule has 0 aliphatic carbocycles. The zero-order valence-electron chi connectivity index (χ0n) is 11.2. The summed E-state index contributed by atoms with van der Waals surface area (Å²) in [5.41, 5.74) is 5.58. The molecule has 0 saturated carbocycles. The molecule has 0 spiro atoms. The SMILES string of the molecule is CC1(C(N)=O)CCN(c2ncccc2/C=C/C(=O)O)C1. The third-order valence-corrected chi connectivity index (χ3v) is 3.59. The van der Waals surface area contributed by atoms with Crippen LogP contribution in [0.5, 0.6) is 0 Å². The molecule has 106 valence electrons. The van der Waals surface area contributed by atoms with Crippen LogP contribution in [-0.4, -0.2) is 35.1 Å². The standard InChI is InChI=1S/C14H17N3O3/c1-14(13(15)20)6-8-17(9-14)12-10(3-2-7-16-12)4-5-11(18)19/h2-5,7H,6,8-9H2,1H3,(H2,15,20)(H,18,19)/b5-4+. The number of hydrogen-bond donors (Lipinski definition) is 2. The van der Waals surface area contributed by atoms with E-state index in [1.807, 2.05) is 11.8 Å². The smallest absolute Gasteiger partial charge is 0.328 e. The Labute approximate surface area is 116 Å². The maximum Gasteiger partial charge on any atom is 0.328 e. The maximum atomic E-state index is 11.5. The lowest BCUT2D eigenvalue weighted by molar-refractivity contribution is -0.131. The van der Waals surface area contributed by atoms with E-state index in [4.69, 9.17) is 10.8 Å². The van der Waals surface area contributed by atoms with E-state index in [9.17, 15) is 9.59 Å². The minimum absolute atomic E-state index is 0.321. The molecule has 1 atom stereocenters. The lowest BCUT2D eigenvalue weighted by Crippen LogP contribution is -2.37. The van der Waals surface area contributed by atoms with Crippen LogP contribution in [0.25, 0.3) is 6.08 Å². The van der Waals surface area contributed by atoms with Crippen molar-refractivity contribution in [2.75, 3.05) is 18.0 Å². The summed E-state index contributed by atoms with van der Waals surface area (Å²) in [4.78, 5) is 28.4. The summed E-state index contributed by atoms with van der Waals surface area (Å²) < 4.78 is 0. The first-order valence-electron chi connectivity index (χ1n) is 6.33. The molecule has 1 amide bonds. The van der Waals surface area contributed by atoms with E-state index in [1.165, 1.54) is 6.08 Å². The average molecular weight is 275 g/mol. The van der Waals surface area contributed by atoms with Gasteiger partial charge in [-0.3, -0.25) is 4.79 Å². The number of carboxylic acids is 1. The molecule has 1 fully saturated rings. The van der Waals surface area contributed by atoms with Crippen LogP contribution in [0, 0.1) is 5.41 Å². The van der Waals surface area contributed by atoms with Crippen molar-refractivity contribution in [2.45, 2.75) is 13.3 Å². The monoisotopic (exact) mass is 275 g/mol. The summed E-state index contributed by atoms with van der Waals surface area (Å²) in [6.45, 7) is 3.00. The Kier molecular flexibility index (Phi) is 3.74. The van der Waals surface area contributed by atoms with Gasteiger partial charge in [-0.05, 0) is 31.6 Å². The molecule has 1 unspecified atom stereocenters. The highest BCUT2D eigenvalue weighted by molar-refractivity contribution is 5.87. The van der Waals surface area contributed by atoms with Gasteiger partial charge in [-0.25, -0.2) is 9.78 Å². The Morgan fingerprint density at radius 1 is 1.55 bits per heavy atom. The second-order valence-electron chi connectivity index (χ2n) is 5.18. The van der Waals surface area contributed by atoms with E-state index in [1.54, 1.807) is 18.3 Å². The Hall–Kier alpha value is -2.37. The van der Waals surface area contributed by atoms with Crippen molar-refractivity contribution in [1.82, 2.24) is 4.98 Å². The predicted octanol–water partition coefficient (Wildman–Crippen LogP) is 0.881. The fourth-order valence-electron chi connectivity index (χ4n) is 2.31. The van der Waals surface area contributed by atoms with Gasteiger partial charge in [-0.15, -0.1) is 0 Å². The van der Waals surface area contributed by atoms with Crippen molar-refractivity contribution in [2.24, 2.45) is 11.1 Å². The summed E-state index contributed by atoms with van der Waals surface area (Å²) >= 11 is 0. The first-order valence-corrected chi connectivity index (χ1v) is 6.33. The van der Waals surface area contributed by atoms with Gasteiger partial charge in [-0.2, -0.15) is 0 Å². The van der Waals surface area contributed by atoms with Crippen LogP contribution >= 0.6 is 0 Å². The maximum absolute atomic E-state index is 11.5. The number of rotatable bonds is 4. The van der Waals surface area contributed by atoms with E-state index in [2.05, 4.69) is 4.98 Å². The first-order chi connectivity index (χ1) is 9.42. The van der Waals surface area contributed by atoms with Crippen LogP contribution in [0.15, 0.2) is 24.4 Å². The molecule has 1 aliphatic heterocycles. The number of amides is 1. The van der Waals surface area contributed by atoms with Crippen LogP contribution < -0.4 is 10.6 Å². The lowest BCUT2D eigenvalue weighted by atomic mass is 9.89. The molecule has 0 bridgehead atoms. The van der Waals surface area contributed by atoms with E-state index >= 15 is 0 Å². The molecule has 3 N–H and O–H groups in total. The predicted molar refractivity (Wildman–Crippen MR) is 75.0 cm³/mol. The largest absolute Gasteiger partial charge is 0.478 e. The molecule has 1 aromatic rings. The average Bonchev–Trinajstić information content (AvgIpc) is 2.81. The number of carbonyl (C=O) groups excluding carboxylic acids is 1. The number of pyridine rings is 1. The number of nitrogens with zero attached hydrogens (tertiary/aromatic N) is 2. The van der Waals surface area contributed by atoms with Crippen molar-refractivity contribution in [3.05, 3.63) is 30.0 Å². The minimum atomic E-state index is -1.01. The summed E-state index contributed by atoms with van der Waals surface area (Å²) in [7, 11) is 0. The Bertz CT molecular complexity index is 571. The summed E-state index contributed by atoms with van der Waals surface area (Å²) in [5.74, 6) is -0.656. The molecule has 2 heterocycles. The van der Waals surface area contributed by atoms with Crippen LogP contribution in [-0.2, 0) is 9.59 Å². The highest BCUT2D eigenvalue weighted by atomic mass is 16.4. The Balaban J connectivity index is 2.26. The molecule has 6 heteroatoms. The second kappa shape index (κ2) is 5.32. The topological polar surface area (TPSA) is 96.5 Å². The van der Waals surface area contributed by atoms with Crippen LogP contribution in [0.1, 0.15) is 18.9 Å². The van der Waals surface area contributed by atoms with Crippen LogP contribution in [0.4, 0.5) is 5.82 Å². The Morgan fingerprint density at radius 2 is 2.30 bits per heavy atom. The molecular formula is C14H17N3O3. The fraction of sp³-hybridized carbons (Fsp3) is 0.357. The Morgan fingerprint density at radius 3 is 2.90 bits per heavy atom. The molecule has 6 nitrogen and oxygen atoms in total. The van der Waals surface area contributed by atoms with Crippen LogP contribution in [0.2, 0.25) is 0 Å². The van der Waals surface area contributed by atoms with Gasteiger partial charge in [0, 0.05) is 30.9 Å². The number of anilines is 1. The van der Waals surface area contributed by atoms with Gasteiger partial charge >= 0.3 is 5.97 Å². The normalized spacial score (nSPS) is 22.4. The van der Waals surface area contributed by atoms with E-state index < -0.39 is 11.4 Å². The van der Waals surface area contributed by atoms with Crippen molar-refractivity contribution >= 4 is 23.8 Å². The summed E-state index contributed by atoms with van der Waals surface area (Å²) in [6, 6.07) is 3.54. The number of carboxylic acid groups (broad SMARTS) is 1. The van der Waals surface area contributed by atoms with Gasteiger partial charge < -0.3 is 15.7 Å². The summed E-state index contributed by atoms with van der Waals surface area (Å²) in [6.07, 6.45) is 4.89. The first kappa shape index (κ1) is 14.0. The zero-order chi connectivity index (χ0) is 14.8. The number of aromatic nitrogens is 1. The zero-order valence-corrected chi connectivity index (χ0v) is 11.2. The lowest BCUT2D eigenvalue weighted by Gasteiger charge is -2.22. The third-order valence-electron chi connectivity index (χ3n) is 3.59.